The second-order valence-corrected chi connectivity index (χ2v) is 7.86. The Hall–Kier alpha value is -2.48. The first kappa shape index (κ1) is 18.9. The van der Waals surface area contributed by atoms with Crippen LogP contribution in [0.4, 0.5) is 0 Å². The number of hydrogen-bond donors (Lipinski definition) is 2. The maximum Gasteiger partial charge on any atom is 0.222 e. The normalized spacial score (nSPS) is 22.8. The van der Waals surface area contributed by atoms with Gasteiger partial charge in [0.25, 0.3) is 0 Å². The molecule has 28 heavy (non-hydrogen) atoms. The Morgan fingerprint density at radius 2 is 1.86 bits per heavy atom. The lowest BCUT2D eigenvalue weighted by molar-refractivity contribution is -0.130. The summed E-state index contributed by atoms with van der Waals surface area (Å²) in [6, 6.07) is 8.74. The third-order valence-electron chi connectivity index (χ3n) is 5.98. The lowest BCUT2D eigenvalue weighted by atomic mass is 9.85. The summed E-state index contributed by atoms with van der Waals surface area (Å²) in [5, 5.41) is 15.1. The molecule has 2 fully saturated rings. The summed E-state index contributed by atoms with van der Waals surface area (Å²) in [7, 11) is 0. The van der Waals surface area contributed by atoms with E-state index in [0.29, 0.717) is 25.0 Å². The zero-order valence-electron chi connectivity index (χ0n) is 16.3. The van der Waals surface area contributed by atoms with Crippen LogP contribution >= 0.6 is 0 Å². The van der Waals surface area contributed by atoms with E-state index in [1.54, 1.807) is 11.6 Å². The van der Waals surface area contributed by atoms with E-state index in [0.717, 1.165) is 49.8 Å². The maximum absolute atomic E-state index is 12.4. The molecule has 2 aromatic rings. The fourth-order valence-corrected chi connectivity index (χ4v) is 4.10. The second kappa shape index (κ2) is 8.26. The molecule has 2 atom stereocenters. The molecular formula is C20H28N6O2. The molecule has 1 aromatic carbocycles. The van der Waals surface area contributed by atoms with Gasteiger partial charge in [0, 0.05) is 44.6 Å². The van der Waals surface area contributed by atoms with Gasteiger partial charge in [-0.3, -0.25) is 9.59 Å². The van der Waals surface area contributed by atoms with Crippen LogP contribution in [-0.4, -0.2) is 62.9 Å². The van der Waals surface area contributed by atoms with Gasteiger partial charge in [-0.1, -0.05) is 17.3 Å². The minimum absolute atomic E-state index is 0.0579. The van der Waals surface area contributed by atoms with Gasteiger partial charge >= 0.3 is 0 Å². The highest BCUT2D eigenvalue weighted by Gasteiger charge is 2.34. The summed E-state index contributed by atoms with van der Waals surface area (Å²) < 4.78 is 1.79. The third kappa shape index (κ3) is 4.16. The number of nitrogens with one attached hydrogen (secondary N) is 2. The number of aryl methyl sites for hydroxylation is 1. The zero-order valence-corrected chi connectivity index (χ0v) is 16.3. The Labute approximate surface area is 164 Å². The average Bonchev–Trinajstić information content (AvgIpc) is 3.11. The van der Waals surface area contributed by atoms with Crippen molar-refractivity contribution in [2.24, 2.45) is 0 Å². The number of likely N-dealkylation sites (tertiary alicyclic amines) is 1. The molecule has 2 amide bonds. The van der Waals surface area contributed by atoms with E-state index in [2.05, 4.69) is 20.9 Å². The van der Waals surface area contributed by atoms with Crippen molar-refractivity contribution >= 4 is 22.8 Å². The summed E-state index contributed by atoms with van der Waals surface area (Å²) in [5.41, 5.74) is 1.80. The molecule has 1 saturated heterocycles. The van der Waals surface area contributed by atoms with E-state index in [9.17, 15) is 9.59 Å². The molecule has 0 spiro atoms. The van der Waals surface area contributed by atoms with Crippen molar-refractivity contribution in [1.82, 2.24) is 30.5 Å². The van der Waals surface area contributed by atoms with Gasteiger partial charge in [-0.2, -0.15) is 0 Å². The number of benzene rings is 1. The van der Waals surface area contributed by atoms with Gasteiger partial charge in [-0.05, 0) is 37.8 Å². The number of aromatic nitrogens is 3. The molecule has 0 radical (unpaired) electrons. The van der Waals surface area contributed by atoms with Crippen LogP contribution in [0.1, 0.15) is 39.0 Å². The van der Waals surface area contributed by atoms with Gasteiger partial charge in [0.1, 0.15) is 5.52 Å². The molecule has 8 nitrogen and oxygen atoms in total. The number of carbonyl (C=O) groups is 2. The van der Waals surface area contributed by atoms with Gasteiger partial charge < -0.3 is 15.5 Å². The van der Waals surface area contributed by atoms with Gasteiger partial charge in [0.2, 0.25) is 11.8 Å². The lowest BCUT2D eigenvalue weighted by Crippen LogP contribution is -2.60. The van der Waals surface area contributed by atoms with Gasteiger partial charge in [-0.25, -0.2) is 4.68 Å². The Kier molecular flexibility index (Phi) is 5.57. The zero-order chi connectivity index (χ0) is 19.5. The van der Waals surface area contributed by atoms with Crippen molar-refractivity contribution in [1.29, 1.82) is 0 Å². The molecule has 0 unspecified atom stereocenters. The van der Waals surface area contributed by atoms with Crippen LogP contribution in [0.5, 0.6) is 0 Å². The van der Waals surface area contributed by atoms with Crippen molar-refractivity contribution in [2.75, 3.05) is 13.1 Å². The Morgan fingerprint density at radius 3 is 2.57 bits per heavy atom. The number of fused-ring (bicyclic) bond motifs is 1. The SMILES string of the molecule is CC(=O)N1CCC(N[C@@H]2CC[C@@H]2NC(=O)CCn2nnc3ccccc32)CC1. The molecule has 0 bridgehead atoms. The van der Waals surface area contributed by atoms with E-state index in [4.69, 9.17) is 0 Å². The minimum atomic E-state index is 0.0579. The molecule has 2 heterocycles. The lowest BCUT2D eigenvalue weighted by Gasteiger charge is -2.42. The Bertz CT molecular complexity index is 842. The number of hydrogen-bond acceptors (Lipinski definition) is 5. The molecule has 2 aliphatic rings. The van der Waals surface area contributed by atoms with Gasteiger partial charge in [0.05, 0.1) is 12.1 Å². The number of carbonyl (C=O) groups excluding carboxylic acids is 2. The van der Waals surface area contributed by atoms with Crippen molar-refractivity contribution in [3.05, 3.63) is 24.3 Å². The topological polar surface area (TPSA) is 92.2 Å². The minimum Gasteiger partial charge on any atom is -0.352 e. The van der Waals surface area contributed by atoms with E-state index >= 15 is 0 Å². The summed E-state index contributed by atoms with van der Waals surface area (Å²) in [5.74, 6) is 0.217. The van der Waals surface area contributed by atoms with Crippen LogP contribution < -0.4 is 10.6 Å². The van der Waals surface area contributed by atoms with E-state index in [1.165, 1.54) is 0 Å². The fraction of sp³-hybridized carbons (Fsp3) is 0.600. The maximum atomic E-state index is 12.4. The highest BCUT2D eigenvalue weighted by Crippen LogP contribution is 2.23. The van der Waals surface area contributed by atoms with Crippen LogP contribution in [0.15, 0.2) is 24.3 Å². The van der Waals surface area contributed by atoms with Crippen molar-refractivity contribution in [3.63, 3.8) is 0 Å². The van der Waals surface area contributed by atoms with Crippen LogP contribution in [0.25, 0.3) is 11.0 Å². The number of amides is 2. The molecule has 8 heteroatoms. The third-order valence-corrected chi connectivity index (χ3v) is 5.98. The molecule has 1 aliphatic heterocycles. The Balaban J connectivity index is 1.21. The predicted octanol–water partition coefficient (Wildman–Crippen LogP) is 1.07. The quantitative estimate of drug-likeness (QED) is 0.777. The van der Waals surface area contributed by atoms with E-state index in [1.807, 2.05) is 29.2 Å². The van der Waals surface area contributed by atoms with Gasteiger partial charge in [-0.15, -0.1) is 5.10 Å². The van der Waals surface area contributed by atoms with Crippen LogP contribution in [-0.2, 0) is 16.1 Å². The van der Waals surface area contributed by atoms with Crippen molar-refractivity contribution in [2.45, 2.75) is 63.7 Å². The summed E-state index contributed by atoms with van der Waals surface area (Å²) >= 11 is 0. The molecule has 1 aromatic heterocycles. The smallest absolute Gasteiger partial charge is 0.222 e. The fourth-order valence-electron chi connectivity index (χ4n) is 4.10. The summed E-state index contributed by atoms with van der Waals surface area (Å²) in [6.07, 6.45) is 4.47. The second-order valence-electron chi connectivity index (χ2n) is 7.86. The van der Waals surface area contributed by atoms with Crippen molar-refractivity contribution in [3.8, 4) is 0 Å². The first-order chi connectivity index (χ1) is 13.6. The van der Waals surface area contributed by atoms with Crippen molar-refractivity contribution < 1.29 is 9.59 Å². The Morgan fingerprint density at radius 1 is 1.11 bits per heavy atom. The molecule has 1 aliphatic carbocycles. The molecule has 1 saturated carbocycles. The van der Waals surface area contributed by atoms with E-state index < -0.39 is 0 Å². The largest absolute Gasteiger partial charge is 0.352 e. The first-order valence-electron chi connectivity index (χ1n) is 10.2. The monoisotopic (exact) mass is 384 g/mol. The highest BCUT2D eigenvalue weighted by atomic mass is 16.2. The molecule has 2 N–H and O–H groups in total. The first-order valence-corrected chi connectivity index (χ1v) is 10.2. The summed E-state index contributed by atoms with van der Waals surface area (Å²) in [6.45, 7) is 3.80. The molecule has 4 rings (SSSR count). The molecular weight excluding hydrogens is 356 g/mol. The van der Waals surface area contributed by atoms with Crippen LogP contribution in [0.2, 0.25) is 0 Å². The van der Waals surface area contributed by atoms with Crippen LogP contribution in [0, 0.1) is 0 Å². The molecule has 150 valence electrons. The van der Waals surface area contributed by atoms with E-state index in [-0.39, 0.29) is 17.9 Å². The van der Waals surface area contributed by atoms with Gasteiger partial charge in [0.15, 0.2) is 0 Å². The number of piperidine rings is 1. The number of rotatable bonds is 6. The number of para-hydroxylation sites is 1. The average molecular weight is 384 g/mol. The highest BCUT2D eigenvalue weighted by molar-refractivity contribution is 5.77. The standard InChI is InChI=1S/C20H28N6O2/c1-14(27)25-11-8-15(9-12-25)21-16-6-7-17(16)22-20(28)10-13-26-19-5-3-2-4-18(19)23-24-26/h2-5,15-17,21H,6-13H2,1H3,(H,22,28)/t16-,17+/m1/s1. The predicted molar refractivity (Wildman–Crippen MR) is 106 cm³/mol. The number of nitrogens with zero attached hydrogens (tertiary/aromatic N) is 4. The van der Waals surface area contributed by atoms with Crippen LogP contribution in [0.3, 0.4) is 0 Å². The summed E-state index contributed by atoms with van der Waals surface area (Å²) in [4.78, 5) is 25.7.